The number of carbonyl (C=O) groups is 1. The number of nitro benzene ring substituents is 1. The highest BCUT2D eigenvalue weighted by Gasteiger charge is 2.29. The number of Topliss-reactive ketones (excluding diaryl/α,β-unsaturated/α-hetero) is 1. The average molecular weight is 286 g/mol. The number of ketones is 1. The Balaban J connectivity index is 2.18. The molecule has 2 rings (SSSR count). The smallest absolute Gasteiger partial charge is 0.287 e. The van der Waals surface area contributed by atoms with E-state index in [2.05, 4.69) is 15.9 Å². The summed E-state index contributed by atoms with van der Waals surface area (Å²) >= 11 is 3.13. The number of nitrogens with zero attached hydrogens (tertiary/aromatic N) is 1. The van der Waals surface area contributed by atoms with E-state index in [9.17, 15) is 14.9 Å². The van der Waals surface area contributed by atoms with Gasteiger partial charge in [0.25, 0.3) is 5.69 Å². The van der Waals surface area contributed by atoms with Crippen LogP contribution >= 0.6 is 15.9 Å². The predicted molar refractivity (Wildman–Crippen MR) is 59.5 cm³/mol. The summed E-state index contributed by atoms with van der Waals surface area (Å²) in [6, 6.07) is 4.58. The number of ether oxygens (including phenoxy) is 1. The fourth-order valence-electron chi connectivity index (χ4n) is 1.44. The Labute approximate surface area is 99.7 Å². The Morgan fingerprint density at radius 1 is 1.44 bits per heavy atom. The lowest BCUT2D eigenvalue weighted by Gasteiger charge is -2.25. The van der Waals surface area contributed by atoms with Crippen molar-refractivity contribution in [3.63, 3.8) is 0 Å². The summed E-state index contributed by atoms with van der Waals surface area (Å²) < 4.78 is 5.79. The van der Waals surface area contributed by atoms with E-state index in [4.69, 9.17) is 4.74 Å². The third-order valence-electron chi connectivity index (χ3n) is 2.34. The molecule has 0 atom stereocenters. The predicted octanol–water partition coefficient (Wildman–Crippen LogP) is 2.47. The highest BCUT2D eigenvalue weighted by molar-refractivity contribution is 9.10. The maximum absolute atomic E-state index is 10.8. The molecule has 0 N–H and O–H groups in total. The molecule has 0 saturated heterocycles. The van der Waals surface area contributed by atoms with Crippen molar-refractivity contribution >= 4 is 27.4 Å². The van der Waals surface area contributed by atoms with E-state index >= 15 is 0 Å². The maximum Gasteiger partial charge on any atom is 0.287 e. The van der Waals surface area contributed by atoms with E-state index in [1.807, 2.05) is 0 Å². The molecule has 0 aliphatic heterocycles. The standard InChI is InChI=1S/C10H8BrNO4/c11-10-8(12(14)15)2-1-3-9(10)16-7-4-6(13)5-7/h1-3,7H,4-5H2. The minimum atomic E-state index is -0.483. The normalized spacial score (nSPS) is 15.7. The Hall–Kier alpha value is -1.43. The molecular weight excluding hydrogens is 278 g/mol. The van der Waals surface area contributed by atoms with E-state index in [0.717, 1.165) is 0 Å². The molecule has 1 aliphatic rings. The molecule has 0 spiro atoms. The van der Waals surface area contributed by atoms with Gasteiger partial charge in [-0.3, -0.25) is 14.9 Å². The van der Waals surface area contributed by atoms with Crippen LogP contribution in [0.3, 0.4) is 0 Å². The molecule has 1 aromatic rings. The fraction of sp³-hybridized carbons (Fsp3) is 0.300. The van der Waals surface area contributed by atoms with Gasteiger partial charge in [-0.25, -0.2) is 0 Å². The van der Waals surface area contributed by atoms with Crippen molar-refractivity contribution in [3.8, 4) is 5.75 Å². The van der Waals surface area contributed by atoms with Crippen LogP contribution in [0.2, 0.25) is 0 Å². The zero-order valence-electron chi connectivity index (χ0n) is 8.18. The van der Waals surface area contributed by atoms with Gasteiger partial charge in [-0.1, -0.05) is 6.07 Å². The Bertz CT molecular complexity index is 452. The van der Waals surface area contributed by atoms with Gasteiger partial charge in [0.2, 0.25) is 0 Å². The van der Waals surface area contributed by atoms with Gasteiger partial charge in [-0.2, -0.15) is 0 Å². The summed E-state index contributed by atoms with van der Waals surface area (Å²) in [7, 11) is 0. The van der Waals surface area contributed by atoms with Crippen LogP contribution in [0.1, 0.15) is 12.8 Å². The third-order valence-corrected chi connectivity index (χ3v) is 3.14. The minimum absolute atomic E-state index is 0.0388. The van der Waals surface area contributed by atoms with Crippen LogP contribution in [0.25, 0.3) is 0 Å². The van der Waals surface area contributed by atoms with Crippen LogP contribution in [0.15, 0.2) is 22.7 Å². The Morgan fingerprint density at radius 2 is 2.12 bits per heavy atom. The van der Waals surface area contributed by atoms with Gasteiger partial charge in [0.05, 0.1) is 4.92 Å². The van der Waals surface area contributed by atoms with Crippen molar-refractivity contribution in [2.75, 3.05) is 0 Å². The van der Waals surface area contributed by atoms with Crippen molar-refractivity contribution in [1.29, 1.82) is 0 Å². The van der Waals surface area contributed by atoms with Crippen LogP contribution in [-0.2, 0) is 4.79 Å². The van der Waals surface area contributed by atoms with E-state index < -0.39 is 4.92 Å². The summed E-state index contributed by atoms with van der Waals surface area (Å²) in [6.07, 6.45) is 0.621. The molecule has 5 nitrogen and oxygen atoms in total. The monoisotopic (exact) mass is 285 g/mol. The van der Waals surface area contributed by atoms with Crippen molar-refractivity contribution in [1.82, 2.24) is 0 Å². The van der Waals surface area contributed by atoms with Crippen molar-refractivity contribution in [2.24, 2.45) is 0 Å². The summed E-state index contributed by atoms with van der Waals surface area (Å²) in [5.41, 5.74) is -0.0388. The molecule has 1 aromatic carbocycles. The van der Waals surface area contributed by atoms with Crippen LogP contribution < -0.4 is 4.74 Å². The fourth-order valence-corrected chi connectivity index (χ4v) is 1.94. The Morgan fingerprint density at radius 3 is 2.69 bits per heavy atom. The van der Waals surface area contributed by atoms with Gasteiger partial charge in [0, 0.05) is 18.9 Å². The quantitative estimate of drug-likeness (QED) is 0.632. The van der Waals surface area contributed by atoms with Gasteiger partial charge in [0.1, 0.15) is 22.1 Å². The summed E-state index contributed by atoms with van der Waals surface area (Å²) in [5, 5.41) is 10.7. The summed E-state index contributed by atoms with van der Waals surface area (Å²) in [6.45, 7) is 0. The van der Waals surface area contributed by atoms with Crippen LogP contribution in [0.4, 0.5) is 5.69 Å². The van der Waals surface area contributed by atoms with Gasteiger partial charge in [0.15, 0.2) is 0 Å². The van der Waals surface area contributed by atoms with Crippen molar-refractivity contribution in [2.45, 2.75) is 18.9 Å². The van der Waals surface area contributed by atoms with Crippen LogP contribution in [-0.4, -0.2) is 16.8 Å². The van der Waals surface area contributed by atoms with Gasteiger partial charge in [-0.15, -0.1) is 0 Å². The lowest BCUT2D eigenvalue weighted by molar-refractivity contribution is -0.385. The lowest BCUT2D eigenvalue weighted by Crippen LogP contribution is -2.33. The van der Waals surface area contributed by atoms with Gasteiger partial charge < -0.3 is 4.74 Å². The molecule has 1 saturated carbocycles. The zero-order chi connectivity index (χ0) is 11.7. The summed E-state index contributed by atoms with van der Waals surface area (Å²) in [4.78, 5) is 20.9. The molecule has 84 valence electrons. The second-order valence-corrected chi connectivity index (χ2v) is 4.33. The molecule has 16 heavy (non-hydrogen) atoms. The number of halogens is 1. The highest BCUT2D eigenvalue weighted by atomic mass is 79.9. The molecule has 0 amide bonds. The van der Waals surface area contributed by atoms with Crippen molar-refractivity contribution in [3.05, 3.63) is 32.8 Å². The second kappa shape index (κ2) is 4.21. The number of rotatable bonds is 3. The third kappa shape index (κ3) is 2.06. The molecule has 0 radical (unpaired) electrons. The Kier molecular flexibility index (Phi) is 2.91. The number of benzene rings is 1. The van der Waals surface area contributed by atoms with Crippen LogP contribution in [0.5, 0.6) is 5.75 Å². The number of hydrogen-bond donors (Lipinski definition) is 0. The van der Waals surface area contributed by atoms with Gasteiger partial charge in [-0.05, 0) is 22.0 Å². The molecule has 0 aromatic heterocycles. The minimum Gasteiger partial charge on any atom is -0.488 e. The number of hydrogen-bond acceptors (Lipinski definition) is 4. The van der Waals surface area contributed by atoms with E-state index in [0.29, 0.717) is 23.1 Å². The first kappa shape index (κ1) is 11.1. The van der Waals surface area contributed by atoms with E-state index in [1.165, 1.54) is 6.07 Å². The largest absolute Gasteiger partial charge is 0.488 e. The summed E-state index contributed by atoms with van der Waals surface area (Å²) in [5.74, 6) is 0.568. The van der Waals surface area contributed by atoms with E-state index in [1.54, 1.807) is 12.1 Å². The maximum atomic E-state index is 10.8. The topological polar surface area (TPSA) is 69.4 Å². The molecule has 0 unspecified atom stereocenters. The molecular formula is C10H8BrNO4. The first-order valence-electron chi connectivity index (χ1n) is 4.69. The molecule has 0 bridgehead atoms. The number of carbonyl (C=O) groups excluding carboxylic acids is 1. The second-order valence-electron chi connectivity index (χ2n) is 3.53. The molecule has 6 heteroatoms. The van der Waals surface area contributed by atoms with Crippen molar-refractivity contribution < 1.29 is 14.5 Å². The average Bonchev–Trinajstić information content (AvgIpc) is 2.18. The first-order chi connectivity index (χ1) is 7.58. The van der Waals surface area contributed by atoms with E-state index in [-0.39, 0.29) is 17.6 Å². The highest BCUT2D eigenvalue weighted by Crippen LogP contribution is 2.35. The van der Waals surface area contributed by atoms with Gasteiger partial charge >= 0.3 is 0 Å². The lowest BCUT2D eigenvalue weighted by atomic mass is 9.94. The first-order valence-corrected chi connectivity index (χ1v) is 5.48. The molecule has 0 heterocycles. The molecule has 1 fully saturated rings. The number of nitro groups is 1. The van der Waals surface area contributed by atoms with Crippen LogP contribution in [0, 0.1) is 10.1 Å². The molecule has 1 aliphatic carbocycles. The SMILES string of the molecule is O=C1CC(Oc2cccc([N+](=O)[O-])c2Br)C1. The zero-order valence-corrected chi connectivity index (χ0v) is 9.77.